The summed E-state index contributed by atoms with van der Waals surface area (Å²) in [4.78, 5) is 0. The lowest BCUT2D eigenvalue weighted by Gasteiger charge is -2.18. The SMILES string of the molecule is COC(C)(C)/C=C(\C)N. The Bertz CT molecular complexity index is 112. The van der Waals surface area contributed by atoms with Crippen molar-refractivity contribution in [2.24, 2.45) is 5.73 Å². The van der Waals surface area contributed by atoms with Crippen LogP contribution in [0.3, 0.4) is 0 Å². The van der Waals surface area contributed by atoms with Crippen LogP contribution in [0, 0.1) is 0 Å². The summed E-state index contributed by atoms with van der Waals surface area (Å²) < 4.78 is 5.09. The molecular weight excluding hydrogens is 114 g/mol. The van der Waals surface area contributed by atoms with Gasteiger partial charge in [-0.1, -0.05) is 0 Å². The molecule has 0 atom stereocenters. The first-order valence-corrected chi connectivity index (χ1v) is 2.98. The van der Waals surface area contributed by atoms with Crippen LogP contribution in [0.15, 0.2) is 11.8 Å². The summed E-state index contributed by atoms with van der Waals surface area (Å²) in [6.45, 7) is 5.77. The van der Waals surface area contributed by atoms with Crippen molar-refractivity contribution < 1.29 is 4.74 Å². The third-order valence-electron chi connectivity index (χ3n) is 1.10. The first kappa shape index (κ1) is 8.50. The van der Waals surface area contributed by atoms with Gasteiger partial charge in [0.2, 0.25) is 0 Å². The molecule has 0 aromatic carbocycles. The smallest absolute Gasteiger partial charge is 0.0821 e. The number of ether oxygens (including phenoxy) is 1. The maximum absolute atomic E-state index is 5.44. The third kappa shape index (κ3) is 4.03. The van der Waals surface area contributed by atoms with Crippen molar-refractivity contribution >= 4 is 0 Å². The minimum Gasteiger partial charge on any atom is -0.402 e. The topological polar surface area (TPSA) is 35.2 Å². The van der Waals surface area contributed by atoms with Gasteiger partial charge in [0.25, 0.3) is 0 Å². The van der Waals surface area contributed by atoms with Crippen LogP contribution in [0.5, 0.6) is 0 Å². The fourth-order valence-electron chi connectivity index (χ4n) is 0.607. The molecular formula is C7H15NO. The van der Waals surface area contributed by atoms with Gasteiger partial charge in [-0.25, -0.2) is 0 Å². The van der Waals surface area contributed by atoms with E-state index in [0.29, 0.717) is 0 Å². The van der Waals surface area contributed by atoms with Crippen LogP contribution in [-0.4, -0.2) is 12.7 Å². The second-order valence-electron chi connectivity index (χ2n) is 2.70. The van der Waals surface area contributed by atoms with Crippen LogP contribution in [0.4, 0.5) is 0 Å². The van der Waals surface area contributed by atoms with E-state index in [-0.39, 0.29) is 5.60 Å². The lowest BCUT2D eigenvalue weighted by Crippen LogP contribution is -2.20. The minimum absolute atomic E-state index is 0.223. The normalized spacial score (nSPS) is 14.0. The Hall–Kier alpha value is -0.500. The van der Waals surface area contributed by atoms with E-state index < -0.39 is 0 Å². The summed E-state index contributed by atoms with van der Waals surface area (Å²) in [5.41, 5.74) is 6.01. The quantitative estimate of drug-likeness (QED) is 0.609. The molecule has 54 valence electrons. The summed E-state index contributed by atoms with van der Waals surface area (Å²) in [5.74, 6) is 0. The molecule has 2 nitrogen and oxygen atoms in total. The highest BCUT2D eigenvalue weighted by Gasteiger charge is 2.10. The molecule has 0 unspecified atom stereocenters. The van der Waals surface area contributed by atoms with Crippen LogP contribution in [0.1, 0.15) is 20.8 Å². The standard InChI is InChI=1S/C7H15NO/c1-6(8)5-7(2,3)9-4/h5H,8H2,1-4H3/b6-5+. The van der Waals surface area contributed by atoms with Gasteiger partial charge in [0.1, 0.15) is 0 Å². The maximum Gasteiger partial charge on any atom is 0.0821 e. The Morgan fingerprint density at radius 2 is 2.00 bits per heavy atom. The first-order chi connectivity index (χ1) is 3.98. The van der Waals surface area contributed by atoms with Gasteiger partial charge < -0.3 is 10.5 Å². The monoisotopic (exact) mass is 129 g/mol. The Kier molecular flexibility index (Phi) is 2.71. The van der Waals surface area contributed by atoms with Crippen molar-refractivity contribution in [2.45, 2.75) is 26.4 Å². The molecule has 0 aliphatic carbocycles. The Labute approximate surface area is 56.7 Å². The molecule has 9 heavy (non-hydrogen) atoms. The van der Waals surface area contributed by atoms with Gasteiger partial charge >= 0.3 is 0 Å². The van der Waals surface area contributed by atoms with Gasteiger partial charge in [0, 0.05) is 12.8 Å². The summed E-state index contributed by atoms with van der Waals surface area (Å²) in [7, 11) is 1.67. The first-order valence-electron chi connectivity index (χ1n) is 2.98. The molecule has 0 heterocycles. The molecule has 0 fully saturated rings. The maximum atomic E-state index is 5.44. The Balaban J connectivity index is 4.01. The predicted molar refractivity (Wildman–Crippen MR) is 39.0 cm³/mol. The molecule has 0 radical (unpaired) electrons. The van der Waals surface area contributed by atoms with Crippen LogP contribution in [0.2, 0.25) is 0 Å². The van der Waals surface area contributed by atoms with Crippen LogP contribution in [0.25, 0.3) is 0 Å². The second-order valence-corrected chi connectivity index (χ2v) is 2.70. The number of methoxy groups -OCH3 is 1. The number of allylic oxidation sites excluding steroid dienone is 1. The van der Waals surface area contributed by atoms with E-state index in [4.69, 9.17) is 10.5 Å². The summed E-state index contributed by atoms with van der Waals surface area (Å²) >= 11 is 0. The predicted octanol–water partition coefficient (Wildman–Crippen LogP) is 1.27. The zero-order valence-corrected chi connectivity index (χ0v) is 6.56. The van der Waals surface area contributed by atoms with E-state index in [9.17, 15) is 0 Å². The summed E-state index contributed by atoms with van der Waals surface area (Å²) in [6.07, 6.45) is 1.88. The van der Waals surface area contributed by atoms with Gasteiger partial charge in [-0.15, -0.1) is 0 Å². The molecule has 0 saturated carbocycles. The number of hydrogen-bond donors (Lipinski definition) is 1. The van der Waals surface area contributed by atoms with Crippen molar-refractivity contribution in [1.82, 2.24) is 0 Å². The van der Waals surface area contributed by atoms with Gasteiger partial charge in [-0.3, -0.25) is 0 Å². The second kappa shape index (κ2) is 2.87. The number of nitrogens with two attached hydrogens (primary N) is 1. The van der Waals surface area contributed by atoms with Gasteiger partial charge in [-0.2, -0.15) is 0 Å². The van der Waals surface area contributed by atoms with Gasteiger partial charge in [0.15, 0.2) is 0 Å². The van der Waals surface area contributed by atoms with Crippen LogP contribution < -0.4 is 5.73 Å². The van der Waals surface area contributed by atoms with E-state index in [1.807, 2.05) is 26.8 Å². The fourth-order valence-corrected chi connectivity index (χ4v) is 0.607. The largest absolute Gasteiger partial charge is 0.402 e. The van der Waals surface area contributed by atoms with Crippen LogP contribution >= 0.6 is 0 Å². The molecule has 0 amide bonds. The molecule has 0 rings (SSSR count). The van der Waals surface area contributed by atoms with E-state index in [1.54, 1.807) is 7.11 Å². The highest BCUT2D eigenvalue weighted by molar-refractivity contribution is 5.02. The molecule has 0 bridgehead atoms. The molecule has 2 heteroatoms. The minimum atomic E-state index is -0.223. The highest BCUT2D eigenvalue weighted by atomic mass is 16.5. The summed E-state index contributed by atoms with van der Waals surface area (Å²) in [6, 6.07) is 0. The van der Waals surface area contributed by atoms with Gasteiger partial charge in [0.05, 0.1) is 5.60 Å². The van der Waals surface area contributed by atoms with Crippen molar-refractivity contribution in [1.29, 1.82) is 0 Å². The van der Waals surface area contributed by atoms with E-state index >= 15 is 0 Å². The lowest BCUT2D eigenvalue weighted by atomic mass is 10.1. The van der Waals surface area contributed by atoms with Crippen molar-refractivity contribution in [3.63, 3.8) is 0 Å². The number of hydrogen-bond acceptors (Lipinski definition) is 2. The van der Waals surface area contributed by atoms with Crippen molar-refractivity contribution in [3.05, 3.63) is 11.8 Å². The van der Waals surface area contributed by atoms with Crippen LogP contribution in [-0.2, 0) is 4.74 Å². The van der Waals surface area contributed by atoms with E-state index in [2.05, 4.69) is 0 Å². The van der Waals surface area contributed by atoms with Crippen molar-refractivity contribution in [2.75, 3.05) is 7.11 Å². The summed E-state index contributed by atoms with van der Waals surface area (Å²) in [5, 5.41) is 0. The van der Waals surface area contributed by atoms with Crippen molar-refractivity contribution in [3.8, 4) is 0 Å². The molecule has 0 aromatic rings. The molecule has 0 saturated heterocycles. The lowest BCUT2D eigenvalue weighted by molar-refractivity contribution is 0.0648. The molecule has 0 aliphatic rings. The molecule has 2 N–H and O–H groups in total. The zero-order valence-electron chi connectivity index (χ0n) is 6.56. The molecule has 0 spiro atoms. The van der Waals surface area contributed by atoms with E-state index in [0.717, 1.165) is 5.70 Å². The Morgan fingerprint density at radius 1 is 1.56 bits per heavy atom. The average molecular weight is 129 g/mol. The molecule has 0 aliphatic heterocycles. The average Bonchev–Trinajstić information content (AvgIpc) is 1.63. The fraction of sp³-hybridized carbons (Fsp3) is 0.714. The zero-order chi connectivity index (χ0) is 7.49. The van der Waals surface area contributed by atoms with E-state index in [1.165, 1.54) is 0 Å². The number of rotatable bonds is 2. The van der Waals surface area contributed by atoms with Gasteiger partial charge in [-0.05, 0) is 26.8 Å². The Morgan fingerprint density at radius 3 is 2.11 bits per heavy atom. The third-order valence-corrected chi connectivity index (χ3v) is 1.10. The highest BCUT2D eigenvalue weighted by Crippen LogP contribution is 2.09. The molecule has 0 aromatic heterocycles.